The van der Waals surface area contributed by atoms with Gasteiger partial charge in [-0.05, 0) is 190 Å². The number of aromatic nitrogens is 2. The number of benzene rings is 5. The Morgan fingerprint density at radius 1 is 0.413 bits per heavy atom. The highest BCUT2D eigenvalue weighted by Gasteiger charge is 2.43. The summed E-state index contributed by atoms with van der Waals surface area (Å²) in [6, 6.07) is 37.1. The zero-order valence-corrected chi connectivity index (χ0v) is 39.9. The molecule has 2 aliphatic carbocycles. The number of hydrogen-bond acceptors (Lipinski definition) is 7. The summed E-state index contributed by atoms with van der Waals surface area (Å²) in [5.74, 6) is 0. The van der Waals surface area contributed by atoms with Crippen LogP contribution in [0.3, 0.4) is 0 Å². The molecular formula is C56H68N6S. The van der Waals surface area contributed by atoms with Gasteiger partial charge in [-0.2, -0.15) is 8.75 Å². The van der Waals surface area contributed by atoms with Crippen molar-refractivity contribution in [3.63, 3.8) is 0 Å². The first-order valence-electron chi connectivity index (χ1n) is 23.2. The third kappa shape index (κ3) is 9.41. The van der Waals surface area contributed by atoms with Crippen molar-refractivity contribution in [2.75, 3.05) is 82.6 Å². The molecule has 0 saturated carbocycles. The lowest BCUT2D eigenvalue weighted by Crippen LogP contribution is -2.28. The molecule has 2 aliphatic rings. The molecule has 1 heterocycles. The van der Waals surface area contributed by atoms with E-state index in [0.29, 0.717) is 0 Å². The lowest BCUT2D eigenvalue weighted by atomic mass is 9.71. The van der Waals surface area contributed by atoms with Crippen LogP contribution in [-0.4, -0.2) is 111 Å². The van der Waals surface area contributed by atoms with Crippen LogP contribution in [0.15, 0.2) is 97.1 Å². The molecule has 0 fully saturated rings. The molecule has 7 heteroatoms. The average Bonchev–Trinajstić information content (AvgIpc) is 3.94. The molecule has 0 saturated heterocycles. The highest BCUT2D eigenvalue weighted by Crippen LogP contribution is 2.55. The molecule has 0 amide bonds. The van der Waals surface area contributed by atoms with E-state index >= 15 is 0 Å². The SMILES string of the molecule is CN(C)CCCC1(CCCN(C)C)c2ccccc2-c2ccc(/C=C/c3ccc(/C=C/c4ccc5c(c4)C(CCCN(C)C)(CCCN(C)C)c4ccccc4-5)c4nsnc34)cc21. The van der Waals surface area contributed by atoms with E-state index in [1.807, 2.05) is 0 Å². The van der Waals surface area contributed by atoms with Crippen LogP contribution >= 0.6 is 11.7 Å². The number of hydrogen-bond donors (Lipinski definition) is 0. The molecule has 0 atom stereocenters. The first-order chi connectivity index (χ1) is 30.5. The number of fused-ring (bicyclic) bond motifs is 7. The summed E-state index contributed by atoms with van der Waals surface area (Å²) in [7, 11) is 17.5. The molecule has 5 aromatic carbocycles. The van der Waals surface area contributed by atoms with Crippen LogP contribution in [0.4, 0.5) is 0 Å². The number of rotatable bonds is 20. The summed E-state index contributed by atoms with van der Waals surface area (Å²) in [6.07, 6.45) is 18.3. The van der Waals surface area contributed by atoms with E-state index in [1.54, 1.807) is 0 Å². The molecule has 0 N–H and O–H groups in total. The summed E-state index contributed by atoms with van der Waals surface area (Å²) in [6.45, 7) is 4.36. The van der Waals surface area contributed by atoms with Crippen molar-refractivity contribution in [1.29, 1.82) is 0 Å². The summed E-state index contributed by atoms with van der Waals surface area (Å²) < 4.78 is 9.70. The van der Waals surface area contributed by atoms with Crippen molar-refractivity contribution < 1.29 is 0 Å². The second-order valence-corrected chi connectivity index (χ2v) is 19.9. The van der Waals surface area contributed by atoms with Gasteiger partial charge in [-0.3, -0.25) is 0 Å². The quantitative estimate of drug-likeness (QED) is 0.0712. The molecule has 6 aromatic rings. The molecule has 328 valence electrons. The van der Waals surface area contributed by atoms with Gasteiger partial charge in [0.1, 0.15) is 11.0 Å². The minimum Gasteiger partial charge on any atom is -0.309 e. The van der Waals surface area contributed by atoms with Crippen molar-refractivity contribution in [1.82, 2.24) is 28.3 Å². The normalized spacial score (nSPS) is 14.9. The Hall–Kier alpha value is -4.76. The largest absolute Gasteiger partial charge is 0.309 e. The predicted molar refractivity (Wildman–Crippen MR) is 272 cm³/mol. The van der Waals surface area contributed by atoms with E-state index in [2.05, 4.69) is 197 Å². The van der Waals surface area contributed by atoms with Crippen molar-refractivity contribution in [3.05, 3.63) is 142 Å². The standard InChI is InChI=1S/C56H68N6S/c1-59(2)35-13-31-55(32-14-36-60(3)4)49-19-11-9-17-45(49)47-29-23-41(39-51(47)55)21-25-43-27-28-44(54-53(43)57-63-58-54)26-22-42-24-30-48-46-18-10-12-20-50(46)56(52(48)40-42,33-15-37-61(5)6)34-16-38-62(7)8/h9-12,17-30,39-40H,13-16,31-38H2,1-8H3/b25-21+,26-22+. The Morgan fingerprint density at radius 3 is 1.13 bits per heavy atom. The predicted octanol–water partition coefficient (Wildman–Crippen LogP) is 11.9. The van der Waals surface area contributed by atoms with Crippen LogP contribution in [-0.2, 0) is 10.8 Å². The Bertz CT molecular complexity index is 2370. The first-order valence-corrected chi connectivity index (χ1v) is 23.9. The third-order valence-corrected chi connectivity index (χ3v) is 14.3. The van der Waals surface area contributed by atoms with Gasteiger partial charge in [-0.25, -0.2) is 0 Å². The molecule has 0 bridgehead atoms. The van der Waals surface area contributed by atoms with Crippen molar-refractivity contribution >= 4 is 47.1 Å². The van der Waals surface area contributed by atoms with Crippen LogP contribution in [0.1, 0.15) is 95.9 Å². The Labute approximate surface area is 382 Å². The van der Waals surface area contributed by atoms with Crippen LogP contribution in [0.2, 0.25) is 0 Å². The minimum absolute atomic E-state index is 0.00431. The molecule has 0 spiro atoms. The molecule has 0 radical (unpaired) electrons. The minimum atomic E-state index is 0.00431. The fourth-order valence-corrected chi connectivity index (χ4v) is 11.4. The van der Waals surface area contributed by atoms with Crippen molar-refractivity contribution in [3.8, 4) is 22.3 Å². The summed E-state index contributed by atoms with van der Waals surface area (Å²) in [5, 5.41) is 0. The Morgan fingerprint density at radius 2 is 0.762 bits per heavy atom. The van der Waals surface area contributed by atoms with Gasteiger partial charge in [0, 0.05) is 22.0 Å². The zero-order valence-electron chi connectivity index (χ0n) is 39.1. The fraction of sp³-hybridized carbons (Fsp3) is 0.393. The topological polar surface area (TPSA) is 38.7 Å². The van der Waals surface area contributed by atoms with Gasteiger partial charge in [-0.1, -0.05) is 121 Å². The van der Waals surface area contributed by atoms with Gasteiger partial charge < -0.3 is 19.6 Å². The molecule has 8 rings (SSSR count). The van der Waals surface area contributed by atoms with Gasteiger partial charge in [0.15, 0.2) is 0 Å². The van der Waals surface area contributed by atoms with E-state index < -0.39 is 0 Å². The third-order valence-electron chi connectivity index (χ3n) is 13.8. The molecule has 63 heavy (non-hydrogen) atoms. The van der Waals surface area contributed by atoms with Crippen LogP contribution in [0.5, 0.6) is 0 Å². The Kier molecular flexibility index (Phi) is 13.9. The summed E-state index contributed by atoms with van der Waals surface area (Å²) in [5.41, 5.74) is 18.1. The maximum atomic E-state index is 4.85. The monoisotopic (exact) mass is 857 g/mol. The summed E-state index contributed by atoms with van der Waals surface area (Å²) >= 11 is 1.30. The van der Waals surface area contributed by atoms with Gasteiger partial charge in [0.2, 0.25) is 0 Å². The molecule has 1 aromatic heterocycles. The van der Waals surface area contributed by atoms with E-state index in [0.717, 1.165) is 99.7 Å². The van der Waals surface area contributed by atoms with Crippen molar-refractivity contribution in [2.24, 2.45) is 0 Å². The van der Waals surface area contributed by atoms with Gasteiger partial charge >= 0.3 is 0 Å². The van der Waals surface area contributed by atoms with Crippen LogP contribution in [0.25, 0.3) is 57.6 Å². The molecular weight excluding hydrogens is 789 g/mol. The molecule has 6 nitrogen and oxygen atoms in total. The van der Waals surface area contributed by atoms with Gasteiger partial charge in [0.05, 0.1) is 11.7 Å². The Balaban J connectivity index is 1.08. The second kappa shape index (κ2) is 19.5. The van der Waals surface area contributed by atoms with E-state index in [1.165, 1.54) is 67.4 Å². The van der Waals surface area contributed by atoms with E-state index in [9.17, 15) is 0 Å². The lowest BCUT2D eigenvalue weighted by molar-refractivity contribution is 0.328. The fourth-order valence-electron chi connectivity index (χ4n) is 10.8. The van der Waals surface area contributed by atoms with Crippen LogP contribution < -0.4 is 0 Å². The molecule has 0 unspecified atom stereocenters. The average molecular weight is 857 g/mol. The van der Waals surface area contributed by atoms with Crippen molar-refractivity contribution in [2.45, 2.75) is 62.2 Å². The second-order valence-electron chi connectivity index (χ2n) is 19.4. The maximum absolute atomic E-state index is 4.85. The van der Waals surface area contributed by atoms with E-state index in [4.69, 9.17) is 8.75 Å². The smallest absolute Gasteiger partial charge is 0.112 e. The summed E-state index contributed by atoms with van der Waals surface area (Å²) in [4.78, 5) is 9.29. The van der Waals surface area contributed by atoms with Crippen LogP contribution in [0, 0.1) is 0 Å². The highest BCUT2D eigenvalue weighted by molar-refractivity contribution is 7.00. The lowest BCUT2D eigenvalue weighted by Gasteiger charge is -2.33. The first kappa shape index (κ1) is 44.8. The highest BCUT2D eigenvalue weighted by atomic mass is 32.1. The zero-order chi connectivity index (χ0) is 44.1. The van der Waals surface area contributed by atoms with Gasteiger partial charge in [0.25, 0.3) is 0 Å². The maximum Gasteiger partial charge on any atom is 0.112 e. The number of nitrogens with zero attached hydrogens (tertiary/aromatic N) is 6. The van der Waals surface area contributed by atoms with Gasteiger partial charge in [-0.15, -0.1) is 0 Å². The van der Waals surface area contributed by atoms with E-state index in [-0.39, 0.29) is 10.8 Å². The molecule has 0 aliphatic heterocycles.